The van der Waals surface area contributed by atoms with Gasteiger partial charge in [-0.05, 0) is 31.2 Å². The largest absolute Gasteiger partial charge is 0.462 e. The second kappa shape index (κ2) is 7.85. The van der Waals surface area contributed by atoms with E-state index in [-0.39, 0.29) is 5.97 Å². The fourth-order valence-corrected chi connectivity index (χ4v) is 3.05. The number of carbonyl (C=O) groups excluding carboxylic acids is 1. The van der Waals surface area contributed by atoms with Gasteiger partial charge < -0.3 is 14.5 Å². The average Bonchev–Trinajstić information content (AvgIpc) is 2.68. The molecule has 1 aromatic heterocycles. The maximum absolute atomic E-state index is 12.7. The number of hydrogen-bond donors (Lipinski definition) is 0. The second-order valence-electron chi connectivity index (χ2n) is 6.11. The van der Waals surface area contributed by atoms with Gasteiger partial charge in [-0.25, -0.2) is 9.78 Å². The first-order chi connectivity index (χ1) is 12.9. The number of carbonyl (C=O) groups is 1. The van der Waals surface area contributed by atoms with Gasteiger partial charge in [0.2, 0.25) is 0 Å². The normalized spacial score (nSPS) is 15.0. The number of piperazine rings is 1. The van der Waals surface area contributed by atoms with E-state index in [1.165, 1.54) is 6.07 Å². The maximum atomic E-state index is 12.7. The van der Waals surface area contributed by atoms with Crippen LogP contribution in [0.25, 0.3) is 0 Å². The molecule has 0 aliphatic carbocycles. The van der Waals surface area contributed by atoms with Gasteiger partial charge in [-0.1, -0.05) is 12.1 Å². The van der Waals surface area contributed by atoms with E-state index in [1.807, 2.05) is 17.0 Å². The Hall–Kier alpha value is -2.77. The molecular formula is C19H20F3N3O2. The van der Waals surface area contributed by atoms with Crippen molar-refractivity contribution in [3.8, 4) is 0 Å². The lowest BCUT2D eigenvalue weighted by atomic mass is 10.1. The molecule has 0 spiro atoms. The van der Waals surface area contributed by atoms with Crippen LogP contribution in [0.1, 0.15) is 22.8 Å². The Morgan fingerprint density at radius 2 is 1.74 bits per heavy atom. The Bertz CT molecular complexity index is 786. The minimum Gasteiger partial charge on any atom is -0.462 e. The number of esters is 1. The SMILES string of the molecule is CCOC(=O)c1ccccc1N1CCN(c2ccc(C(F)(F)F)cn2)CC1. The molecule has 0 atom stereocenters. The zero-order chi connectivity index (χ0) is 19.4. The molecule has 1 aliphatic heterocycles. The van der Waals surface area contributed by atoms with Gasteiger partial charge in [0.15, 0.2) is 0 Å². The van der Waals surface area contributed by atoms with Crippen molar-refractivity contribution in [2.45, 2.75) is 13.1 Å². The van der Waals surface area contributed by atoms with E-state index in [4.69, 9.17) is 4.74 Å². The molecule has 144 valence electrons. The van der Waals surface area contributed by atoms with Crippen LogP contribution in [0, 0.1) is 0 Å². The van der Waals surface area contributed by atoms with Crippen molar-refractivity contribution in [1.82, 2.24) is 4.98 Å². The third-order valence-electron chi connectivity index (χ3n) is 4.42. The Balaban J connectivity index is 1.68. The molecule has 1 aromatic carbocycles. The minimum absolute atomic E-state index is 0.306. The number of alkyl halides is 3. The van der Waals surface area contributed by atoms with E-state index < -0.39 is 11.7 Å². The number of benzene rings is 1. The molecule has 0 unspecified atom stereocenters. The first-order valence-electron chi connectivity index (χ1n) is 8.69. The summed E-state index contributed by atoms with van der Waals surface area (Å²) in [5.74, 6) is 0.154. The standard InChI is InChI=1S/C19H20F3N3O2/c1-2-27-18(26)15-5-3-4-6-16(15)24-9-11-25(12-10-24)17-8-7-14(13-23-17)19(20,21)22/h3-8,13H,2,9-12H2,1H3. The topological polar surface area (TPSA) is 45.7 Å². The summed E-state index contributed by atoms with van der Waals surface area (Å²) in [6.07, 6.45) is -3.53. The molecule has 8 heteroatoms. The van der Waals surface area contributed by atoms with E-state index in [9.17, 15) is 18.0 Å². The van der Waals surface area contributed by atoms with Crippen molar-refractivity contribution in [2.24, 2.45) is 0 Å². The van der Waals surface area contributed by atoms with E-state index in [0.29, 0.717) is 44.2 Å². The Morgan fingerprint density at radius 3 is 2.33 bits per heavy atom. The van der Waals surface area contributed by atoms with Crippen LogP contribution in [0.3, 0.4) is 0 Å². The number of aromatic nitrogens is 1. The summed E-state index contributed by atoms with van der Waals surface area (Å²) >= 11 is 0. The molecule has 0 radical (unpaired) electrons. The quantitative estimate of drug-likeness (QED) is 0.760. The maximum Gasteiger partial charge on any atom is 0.417 e. The summed E-state index contributed by atoms with van der Waals surface area (Å²) in [6.45, 7) is 4.50. The predicted octanol–water partition coefficient (Wildman–Crippen LogP) is 3.60. The molecule has 0 N–H and O–H groups in total. The predicted molar refractivity (Wildman–Crippen MR) is 96.1 cm³/mol. The average molecular weight is 379 g/mol. The molecule has 2 aromatic rings. The summed E-state index contributed by atoms with van der Waals surface area (Å²) in [5.41, 5.74) is 0.560. The first-order valence-corrected chi connectivity index (χ1v) is 8.69. The van der Waals surface area contributed by atoms with Crippen molar-refractivity contribution in [3.05, 3.63) is 53.7 Å². The van der Waals surface area contributed by atoms with Gasteiger partial charge in [0.1, 0.15) is 5.82 Å². The van der Waals surface area contributed by atoms with Crippen LogP contribution < -0.4 is 9.80 Å². The molecule has 0 bridgehead atoms. The number of anilines is 2. The van der Waals surface area contributed by atoms with Gasteiger partial charge in [-0.2, -0.15) is 13.2 Å². The highest BCUT2D eigenvalue weighted by atomic mass is 19.4. The zero-order valence-corrected chi connectivity index (χ0v) is 14.9. The Kier molecular flexibility index (Phi) is 5.53. The zero-order valence-electron chi connectivity index (χ0n) is 14.9. The van der Waals surface area contributed by atoms with E-state index in [0.717, 1.165) is 18.0 Å². The van der Waals surface area contributed by atoms with Crippen LogP contribution in [0.5, 0.6) is 0 Å². The van der Waals surface area contributed by atoms with E-state index in [1.54, 1.807) is 19.1 Å². The van der Waals surface area contributed by atoms with Gasteiger partial charge in [0, 0.05) is 32.4 Å². The first kappa shape index (κ1) is 19.0. The highest BCUT2D eigenvalue weighted by Gasteiger charge is 2.31. The number of pyridine rings is 1. The molecular weight excluding hydrogens is 359 g/mol. The van der Waals surface area contributed by atoms with E-state index >= 15 is 0 Å². The Morgan fingerprint density at radius 1 is 1.07 bits per heavy atom. The monoisotopic (exact) mass is 379 g/mol. The fourth-order valence-electron chi connectivity index (χ4n) is 3.05. The highest BCUT2D eigenvalue weighted by Crippen LogP contribution is 2.30. The van der Waals surface area contributed by atoms with Gasteiger partial charge in [-0.15, -0.1) is 0 Å². The van der Waals surface area contributed by atoms with Crippen LogP contribution >= 0.6 is 0 Å². The number of rotatable bonds is 4. The highest BCUT2D eigenvalue weighted by molar-refractivity contribution is 5.96. The van der Waals surface area contributed by atoms with Crippen LogP contribution in [-0.4, -0.2) is 43.7 Å². The minimum atomic E-state index is -4.39. The molecule has 27 heavy (non-hydrogen) atoms. The molecule has 0 saturated carbocycles. The number of para-hydroxylation sites is 1. The number of ether oxygens (including phenoxy) is 1. The summed E-state index contributed by atoms with van der Waals surface area (Å²) in [5, 5.41) is 0. The lowest BCUT2D eigenvalue weighted by molar-refractivity contribution is -0.137. The summed E-state index contributed by atoms with van der Waals surface area (Å²) < 4.78 is 43.1. The van der Waals surface area contributed by atoms with Crippen LogP contribution in [0.2, 0.25) is 0 Å². The third-order valence-corrected chi connectivity index (χ3v) is 4.42. The number of hydrogen-bond acceptors (Lipinski definition) is 5. The van der Waals surface area contributed by atoms with Crippen LogP contribution in [0.15, 0.2) is 42.6 Å². The number of nitrogens with zero attached hydrogens (tertiary/aromatic N) is 3. The summed E-state index contributed by atoms with van der Waals surface area (Å²) in [4.78, 5) is 20.1. The van der Waals surface area contributed by atoms with Gasteiger partial charge >= 0.3 is 12.1 Å². The molecule has 1 fully saturated rings. The molecule has 2 heterocycles. The third kappa shape index (κ3) is 4.32. The molecule has 5 nitrogen and oxygen atoms in total. The smallest absolute Gasteiger partial charge is 0.417 e. The number of halogens is 3. The van der Waals surface area contributed by atoms with Crippen molar-refractivity contribution in [1.29, 1.82) is 0 Å². The summed E-state index contributed by atoms with van der Waals surface area (Å²) in [7, 11) is 0. The molecule has 1 saturated heterocycles. The summed E-state index contributed by atoms with van der Waals surface area (Å²) in [6, 6.07) is 9.70. The van der Waals surface area contributed by atoms with E-state index in [2.05, 4.69) is 9.88 Å². The fraction of sp³-hybridized carbons (Fsp3) is 0.368. The van der Waals surface area contributed by atoms with Crippen LogP contribution in [-0.2, 0) is 10.9 Å². The lowest BCUT2D eigenvalue weighted by Crippen LogP contribution is -2.47. The van der Waals surface area contributed by atoms with Crippen molar-refractivity contribution >= 4 is 17.5 Å². The van der Waals surface area contributed by atoms with Gasteiger partial charge in [0.25, 0.3) is 0 Å². The van der Waals surface area contributed by atoms with Gasteiger partial charge in [-0.3, -0.25) is 0 Å². The Labute approximate surface area is 155 Å². The van der Waals surface area contributed by atoms with Crippen LogP contribution in [0.4, 0.5) is 24.7 Å². The molecule has 1 aliphatic rings. The van der Waals surface area contributed by atoms with Crippen molar-refractivity contribution < 1.29 is 22.7 Å². The molecule has 0 amide bonds. The molecule has 3 rings (SSSR count). The lowest BCUT2D eigenvalue weighted by Gasteiger charge is -2.37. The van der Waals surface area contributed by atoms with Crippen molar-refractivity contribution in [2.75, 3.05) is 42.6 Å². The van der Waals surface area contributed by atoms with Crippen molar-refractivity contribution in [3.63, 3.8) is 0 Å². The van der Waals surface area contributed by atoms with Gasteiger partial charge in [0.05, 0.1) is 23.4 Å². The second-order valence-corrected chi connectivity index (χ2v) is 6.11.